The lowest BCUT2D eigenvalue weighted by atomic mass is 10.5. The molecule has 0 N–H and O–H groups in total. The molecular weight excluding hydrogens is 275 g/mol. The third-order valence-corrected chi connectivity index (χ3v) is 3.37. The Balaban J connectivity index is 2.51. The highest BCUT2D eigenvalue weighted by Gasteiger charge is 2.01. The molecule has 0 amide bonds. The van der Waals surface area contributed by atoms with Crippen LogP contribution in [-0.4, -0.2) is 5.97 Å². The molecule has 0 fully saturated rings. The summed E-state index contributed by atoms with van der Waals surface area (Å²) in [4.78, 5) is 11.5. The molecule has 0 saturated heterocycles. The van der Waals surface area contributed by atoms with Crippen LogP contribution in [0, 0.1) is 3.57 Å². The van der Waals surface area contributed by atoms with E-state index in [1.54, 1.807) is 11.3 Å². The maximum atomic E-state index is 10.4. The summed E-state index contributed by atoms with van der Waals surface area (Å²) in [7, 11) is 0. The number of hydrogen-bond donors (Lipinski definition) is 0. The average molecular weight is 282 g/mol. The van der Waals surface area contributed by atoms with Crippen molar-refractivity contribution >= 4 is 39.9 Å². The van der Waals surface area contributed by atoms with Gasteiger partial charge in [-0.1, -0.05) is 0 Å². The van der Waals surface area contributed by atoms with E-state index in [1.165, 1.54) is 6.92 Å². The van der Waals surface area contributed by atoms with Crippen molar-refractivity contribution in [3.63, 3.8) is 0 Å². The van der Waals surface area contributed by atoms with Crippen LogP contribution in [0.5, 0.6) is 0 Å². The maximum absolute atomic E-state index is 10.4. The van der Waals surface area contributed by atoms with Gasteiger partial charge in [-0.25, -0.2) is 0 Å². The molecule has 4 heteroatoms. The third-order valence-electron chi connectivity index (χ3n) is 1.10. The van der Waals surface area contributed by atoms with E-state index in [1.807, 2.05) is 11.4 Å². The van der Waals surface area contributed by atoms with E-state index in [-0.39, 0.29) is 5.97 Å². The van der Waals surface area contributed by atoms with Gasteiger partial charge in [0.2, 0.25) is 0 Å². The lowest BCUT2D eigenvalue weighted by molar-refractivity contribution is -0.142. The number of carbonyl (C=O) groups excluding carboxylic acids is 1. The summed E-state index contributed by atoms with van der Waals surface area (Å²) < 4.78 is 5.99. The molecule has 0 saturated carbocycles. The Kier molecular flexibility index (Phi) is 3.32. The molecule has 1 heterocycles. The van der Waals surface area contributed by atoms with Crippen molar-refractivity contribution in [3.8, 4) is 0 Å². The van der Waals surface area contributed by atoms with Crippen LogP contribution in [0.15, 0.2) is 11.4 Å². The third kappa shape index (κ3) is 2.78. The zero-order chi connectivity index (χ0) is 8.27. The Labute approximate surface area is 82.7 Å². The molecule has 60 valence electrons. The van der Waals surface area contributed by atoms with Crippen LogP contribution >= 0.6 is 33.9 Å². The molecule has 0 aliphatic rings. The molecule has 0 bridgehead atoms. The molecule has 0 spiro atoms. The lowest BCUT2D eigenvalue weighted by Gasteiger charge is -1.98. The monoisotopic (exact) mass is 282 g/mol. The topological polar surface area (TPSA) is 26.3 Å². The normalized spacial score (nSPS) is 9.64. The Morgan fingerprint density at radius 2 is 2.55 bits per heavy atom. The second kappa shape index (κ2) is 4.06. The van der Waals surface area contributed by atoms with Crippen LogP contribution < -0.4 is 0 Å². The number of carbonyl (C=O) groups is 1. The van der Waals surface area contributed by atoms with Crippen LogP contribution in [-0.2, 0) is 16.1 Å². The minimum atomic E-state index is -0.228. The van der Waals surface area contributed by atoms with Gasteiger partial charge in [-0.3, -0.25) is 4.79 Å². The lowest BCUT2D eigenvalue weighted by Crippen LogP contribution is -1.97. The van der Waals surface area contributed by atoms with Crippen molar-refractivity contribution in [1.29, 1.82) is 0 Å². The van der Waals surface area contributed by atoms with E-state index in [2.05, 4.69) is 22.6 Å². The SMILES string of the molecule is CC(=O)OCc1sccc1I. The van der Waals surface area contributed by atoms with Crippen molar-refractivity contribution in [2.75, 3.05) is 0 Å². The number of esters is 1. The van der Waals surface area contributed by atoms with Crippen molar-refractivity contribution in [2.45, 2.75) is 13.5 Å². The van der Waals surface area contributed by atoms with Gasteiger partial charge in [0.05, 0.1) is 4.88 Å². The van der Waals surface area contributed by atoms with E-state index in [0.29, 0.717) is 6.61 Å². The zero-order valence-electron chi connectivity index (χ0n) is 5.96. The van der Waals surface area contributed by atoms with Crippen LogP contribution in [0.2, 0.25) is 0 Å². The molecule has 1 aromatic rings. The number of thiophene rings is 1. The largest absolute Gasteiger partial charge is 0.460 e. The highest BCUT2D eigenvalue weighted by Crippen LogP contribution is 2.19. The first-order chi connectivity index (χ1) is 5.20. The Bertz CT molecular complexity index is 257. The standard InChI is InChI=1S/C7H7IO2S/c1-5(9)10-4-7-6(8)2-3-11-7/h2-3H,4H2,1H3. The van der Waals surface area contributed by atoms with Crippen LogP contribution in [0.4, 0.5) is 0 Å². The molecule has 0 aliphatic carbocycles. The smallest absolute Gasteiger partial charge is 0.302 e. The van der Waals surface area contributed by atoms with Gasteiger partial charge in [0.25, 0.3) is 0 Å². The van der Waals surface area contributed by atoms with Crippen LogP contribution in [0.1, 0.15) is 11.8 Å². The van der Waals surface area contributed by atoms with Gasteiger partial charge >= 0.3 is 5.97 Å². The summed E-state index contributed by atoms with van der Waals surface area (Å²) in [5.41, 5.74) is 0. The Morgan fingerprint density at radius 1 is 1.82 bits per heavy atom. The molecule has 11 heavy (non-hydrogen) atoms. The summed E-state index contributed by atoms with van der Waals surface area (Å²) in [6.07, 6.45) is 0. The van der Waals surface area contributed by atoms with E-state index in [4.69, 9.17) is 4.74 Å². The van der Waals surface area contributed by atoms with E-state index >= 15 is 0 Å². The fraction of sp³-hybridized carbons (Fsp3) is 0.286. The van der Waals surface area contributed by atoms with Crippen LogP contribution in [0.25, 0.3) is 0 Å². The van der Waals surface area contributed by atoms with Gasteiger partial charge in [0, 0.05) is 10.5 Å². The van der Waals surface area contributed by atoms with Gasteiger partial charge in [-0.05, 0) is 34.0 Å². The Hall–Kier alpha value is -0.100. The summed E-state index contributed by atoms with van der Waals surface area (Å²) in [6.45, 7) is 1.83. The highest BCUT2D eigenvalue weighted by atomic mass is 127. The van der Waals surface area contributed by atoms with Crippen molar-refractivity contribution in [2.24, 2.45) is 0 Å². The van der Waals surface area contributed by atoms with Gasteiger partial charge in [0.1, 0.15) is 6.61 Å². The first kappa shape index (κ1) is 8.99. The second-order valence-corrected chi connectivity index (χ2v) is 4.13. The van der Waals surface area contributed by atoms with E-state index in [9.17, 15) is 4.79 Å². The predicted octanol–water partition coefficient (Wildman–Crippen LogP) is 2.42. The second-order valence-electron chi connectivity index (χ2n) is 1.97. The van der Waals surface area contributed by atoms with Crippen molar-refractivity contribution in [1.82, 2.24) is 0 Å². The fourth-order valence-corrected chi connectivity index (χ4v) is 2.23. The summed E-state index contributed by atoms with van der Waals surface area (Å²) in [6, 6.07) is 2.00. The first-order valence-electron chi connectivity index (χ1n) is 3.05. The molecule has 2 nitrogen and oxygen atoms in total. The minimum Gasteiger partial charge on any atom is -0.460 e. The summed E-state index contributed by atoms with van der Waals surface area (Å²) in [5.74, 6) is -0.228. The van der Waals surface area contributed by atoms with Crippen molar-refractivity contribution in [3.05, 3.63) is 19.9 Å². The molecule has 1 rings (SSSR count). The minimum absolute atomic E-state index is 0.228. The molecular formula is C7H7IO2S. The van der Waals surface area contributed by atoms with Crippen LogP contribution in [0.3, 0.4) is 0 Å². The van der Waals surface area contributed by atoms with Gasteiger partial charge in [-0.2, -0.15) is 0 Å². The zero-order valence-corrected chi connectivity index (χ0v) is 8.94. The molecule has 0 unspecified atom stereocenters. The highest BCUT2D eigenvalue weighted by molar-refractivity contribution is 14.1. The molecule has 0 radical (unpaired) electrons. The van der Waals surface area contributed by atoms with E-state index in [0.717, 1.165) is 8.45 Å². The van der Waals surface area contributed by atoms with Gasteiger partial charge in [-0.15, -0.1) is 11.3 Å². The summed E-state index contributed by atoms with van der Waals surface area (Å²) in [5, 5.41) is 1.99. The molecule has 0 aromatic carbocycles. The number of ether oxygens (including phenoxy) is 1. The molecule has 0 atom stereocenters. The van der Waals surface area contributed by atoms with Gasteiger partial charge in [0.15, 0.2) is 0 Å². The average Bonchev–Trinajstić information content (AvgIpc) is 2.31. The molecule has 1 aromatic heterocycles. The van der Waals surface area contributed by atoms with E-state index < -0.39 is 0 Å². The quantitative estimate of drug-likeness (QED) is 0.615. The Morgan fingerprint density at radius 3 is 3.00 bits per heavy atom. The molecule has 0 aliphatic heterocycles. The number of halogens is 1. The fourth-order valence-electron chi connectivity index (χ4n) is 0.595. The predicted molar refractivity (Wildman–Crippen MR) is 52.5 cm³/mol. The maximum Gasteiger partial charge on any atom is 0.302 e. The number of hydrogen-bond acceptors (Lipinski definition) is 3. The summed E-state index contributed by atoms with van der Waals surface area (Å²) >= 11 is 3.83. The van der Waals surface area contributed by atoms with Crippen molar-refractivity contribution < 1.29 is 9.53 Å². The number of rotatable bonds is 2. The first-order valence-corrected chi connectivity index (χ1v) is 5.01. The van der Waals surface area contributed by atoms with Gasteiger partial charge < -0.3 is 4.74 Å².